The van der Waals surface area contributed by atoms with Gasteiger partial charge >= 0.3 is 0 Å². The molecule has 3 heteroatoms. The van der Waals surface area contributed by atoms with E-state index in [0.29, 0.717) is 19.4 Å². The molecule has 1 aliphatic heterocycles. The molecule has 0 aromatic rings. The molecular formula is C11H16N2O. The topological polar surface area (TPSA) is 41.1 Å². The quantitative estimate of drug-likeness (QED) is 0.501. The molecule has 0 saturated carbocycles. The lowest BCUT2D eigenvalue weighted by atomic mass is 10.1. The molecule has 1 rings (SSSR count). The van der Waals surface area contributed by atoms with Crippen LogP contribution in [0, 0.1) is 12.3 Å². The van der Waals surface area contributed by atoms with Crippen molar-refractivity contribution in [3.05, 3.63) is 11.6 Å². The number of hydrogen-bond donors (Lipinski definition) is 2. The number of carbonyl (C=O) groups is 1. The summed E-state index contributed by atoms with van der Waals surface area (Å²) in [6.45, 7) is 2.59. The third-order valence-electron chi connectivity index (χ3n) is 2.17. The summed E-state index contributed by atoms with van der Waals surface area (Å²) in [5.74, 6) is 2.49. The molecule has 0 atom stereocenters. The highest BCUT2D eigenvalue weighted by Gasteiger charge is 2.04. The summed E-state index contributed by atoms with van der Waals surface area (Å²) in [6.07, 6.45) is 9.17. The third-order valence-corrected chi connectivity index (χ3v) is 2.17. The van der Waals surface area contributed by atoms with E-state index >= 15 is 0 Å². The zero-order valence-electron chi connectivity index (χ0n) is 8.31. The van der Waals surface area contributed by atoms with Crippen molar-refractivity contribution in [3.63, 3.8) is 0 Å². The summed E-state index contributed by atoms with van der Waals surface area (Å²) in [7, 11) is 0. The van der Waals surface area contributed by atoms with Crippen LogP contribution in [-0.4, -0.2) is 25.5 Å². The number of carbonyl (C=O) groups excluding carboxylic acids is 1. The average molecular weight is 192 g/mol. The summed E-state index contributed by atoms with van der Waals surface area (Å²) in [4.78, 5) is 11.2. The Morgan fingerprint density at radius 1 is 1.71 bits per heavy atom. The monoisotopic (exact) mass is 192 g/mol. The number of nitrogens with one attached hydrogen (secondary N) is 2. The van der Waals surface area contributed by atoms with E-state index in [4.69, 9.17) is 6.42 Å². The Morgan fingerprint density at radius 2 is 2.57 bits per heavy atom. The first-order chi connectivity index (χ1) is 6.83. The lowest BCUT2D eigenvalue weighted by Gasteiger charge is -2.14. The smallest absolute Gasteiger partial charge is 0.221 e. The van der Waals surface area contributed by atoms with Crippen LogP contribution < -0.4 is 10.6 Å². The van der Waals surface area contributed by atoms with Crippen LogP contribution in [-0.2, 0) is 4.79 Å². The fraction of sp³-hybridized carbons (Fsp3) is 0.545. The minimum atomic E-state index is 0.0439. The van der Waals surface area contributed by atoms with Gasteiger partial charge in [-0.25, -0.2) is 0 Å². The standard InChI is InChI=1S/C11H16N2O/c1-2-3-4-11(14)13-9-10-5-7-12-8-6-10/h1,5,12H,3-4,6-9H2,(H,13,14). The maximum Gasteiger partial charge on any atom is 0.221 e. The van der Waals surface area contributed by atoms with Crippen molar-refractivity contribution in [2.24, 2.45) is 0 Å². The molecule has 76 valence electrons. The first kappa shape index (κ1) is 10.8. The minimum Gasteiger partial charge on any atom is -0.352 e. The third kappa shape index (κ3) is 4.11. The fourth-order valence-electron chi connectivity index (χ4n) is 1.32. The van der Waals surface area contributed by atoms with Crippen molar-refractivity contribution < 1.29 is 4.79 Å². The molecule has 0 spiro atoms. The van der Waals surface area contributed by atoms with Gasteiger partial charge in [-0.3, -0.25) is 4.79 Å². The number of amides is 1. The highest BCUT2D eigenvalue weighted by Crippen LogP contribution is 2.02. The normalized spacial score (nSPS) is 15.5. The largest absolute Gasteiger partial charge is 0.352 e. The lowest BCUT2D eigenvalue weighted by Crippen LogP contribution is -2.29. The first-order valence-electron chi connectivity index (χ1n) is 4.91. The van der Waals surface area contributed by atoms with Crippen LogP contribution in [0.15, 0.2) is 11.6 Å². The van der Waals surface area contributed by atoms with E-state index in [0.717, 1.165) is 19.5 Å². The maximum absolute atomic E-state index is 11.2. The Kier molecular flexibility index (Phi) is 4.81. The van der Waals surface area contributed by atoms with E-state index < -0.39 is 0 Å². The van der Waals surface area contributed by atoms with Gasteiger partial charge in [0.25, 0.3) is 0 Å². The second kappa shape index (κ2) is 6.22. The highest BCUT2D eigenvalue weighted by atomic mass is 16.1. The summed E-state index contributed by atoms with van der Waals surface area (Å²) in [5, 5.41) is 6.08. The molecule has 2 N–H and O–H groups in total. The molecule has 14 heavy (non-hydrogen) atoms. The average Bonchev–Trinajstić information content (AvgIpc) is 2.25. The van der Waals surface area contributed by atoms with Crippen molar-refractivity contribution >= 4 is 5.91 Å². The molecule has 3 nitrogen and oxygen atoms in total. The van der Waals surface area contributed by atoms with Crippen LogP contribution in [0.4, 0.5) is 0 Å². The van der Waals surface area contributed by atoms with E-state index in [1.165, 1.54) is 5.57 Å². The summed E-state index contributed by atoms with van der Waals surface area (Å²) >= 11 is 0. The number of terminal acetylenes is 1. The van der Waals surface area contributed by atoms with Crippen molar-refractivity contribution in [1.82, 2.24) is 10.6 Å². The molecule has 1 aliphatic rings. The van der Waals surface area contributed by atoms with Gasteiger partial charge < -0.3 is 10.6 Å². The van der Waals surface area contributed by atoms with Gasteiger partial charge in [-0.2, -0.15) is 0 Å². The second-order valence-corrected chi connectivity index (χ2v) is 3.30. The Bertz CT molecular complexity index is 263. The van der Waals surface area contributed by atoms with Gasteiger partial charge in [0.2, 0.25) is 5.91 Å². The van der Waals surface area contributed by atoms with Crippen molar-refractivity contribution in [2.45, 2.75) is 19.3 Å². The Hall–Kier alpha value is -1.27. The Balaban J connectivity index is 2.16. The van der Waals surface area contributed by atoms with Crippen molar-refractivity contribution in [1.29, 1.82) is 0 Å². The van der Waals surface area contributed by atoms with Gasteiger partial charge in [0.1, 0.15) is 0 Å². The van der Waals surface area contributed by atoms with E-state index in [-0.39, 0.29) is 5.91 Å². The Morgan fingerprint density at radius 3 is 3.21 bits per heavy atom. The zero-order valence-corrected chi connectivity index (χ0v) is 8.31. The molecule has 1 heterocycles. The zero-order chi connectivity index (χ0) is 10.2. The fourth-order valence-corrected chi connectivity index (χ4v) is 1.32. The summed E-state index contributed by atoms with van der Waals surface area (Å²) in [6, 6.07) is 0. The van der Waals surface area contributed by atoms with Crippen LogP contribution in [0.25, 0.3) is 0 Å². The molecule has 0 fully saturated rings. The maximum atomic E-state index is 11.2. The molecule has 0 saturated heterocycles. The lowest BCUT2D eigenvalue weighted by molar-refractivity contribution is -0.120. The van der Waals surface area contributed by atoms with Crippen LogP contribution in [0.3, 0.4) is 0 Å². The Labute approximate surface area is 85.0 Å². The molecule has 0 unspecified atom stereocenters. The summed E-state index contributed by atoms with van der Waals surface area (Å²) < 4.78 is 0. The van der Waals surface area contributed by atoms with E-state index in [2.05, 4.69) is 22.6 Å². The van der Waals surface area contributed by atoms with Gasteiger partial charge in [0.05, 0.1) is 0 Å². The van der Waals surface area contributed by atoms with Crippen molar-refractivity contribution in [2.75, 3.05) is 19.6 Å². The van der Waals surface area contributed by atoms with Crippen LogP contribution in [0.1, 0.15) is 19.3 Å². The van der Waals surface area contributed by atoms with Gasteiger partial charge in [-0.1, -0.05) is 11.6 Å². The minimum absolute atomic E-state index is 0.0439. The van der Waals surface area contributed by atoms with Gasteiger partial charge in [-0.15, -0.1) is 12.3 Å². The van der Waals surface area contributed by atoms with Gasteiger partial charge in [0.15, 0.2) is 0 Å². The van der Waals surface area contributed by atoms with Crippen molar-refractivity contribution in [3.8, 4) is 12.3 Å². The molecule has 0 aliphatic carbocycles. The number of rotatable bonds is 4. The molecule has 0 aromatic carbocycles. The SMILES string of the molecule is C#CCCC(=O)NCC1=CCNCC1. The number of hydrogen-bond acceptors (Lipinski definition) is 2. The van der Waals surface area contributed by atoms with Gasteiger partial charge in [-0.05, 0) is 13.0 Å². The van der Waals surface area contributed by atoms with Crippen LogP contribution in [0.2, 0.25) is 0 Å². The first-order valence-corrected chi connectivity index (χ1v) is 4.91. The van der Waals surface area contributed by atoms with E-state index in [1.54, 1.807) is 0 Å². The van der Waals surface area contributed by atoms with Gasteiger partial charge in [0, 0.05) is 25.9 Å². The van der Waals surface area contributed by atoms with E-state index in [1.807, 2.05) is 0 Å². The van der Waals surface area contributed by atoms with Crippen LogP contribution >= 0.6 is 0 Å². The predicted molar refractivity (Wildman–Crippen MR) is 56.6 cm³/mol. The summed E-state index contributed by atoms with van der Waals surface area (Å²) in [5.41, 5.74) is 1.30. The van der Waals surface area contributed by atoms with E-state index in [9.17, 15) is 4.79 Å². The molecular weight excluding hydrogens is 176 g/mol. The molecule has 0 bridgehead atoms. The predicted octanol–water partition coefficient (Wildman–Crippen LogP) is 0.436. The molecule has 0 radical (unpaired) electrons. The van der Waals surface area contributed by atoms with Crippen LogP contribution in [0.5, 0.6) is 0 Å². The highest BCUT2D eigenvalue weighted by molar-refractivity contribution is 5.76. The second-order valence-electron chi connectivity index (χ2n) is 3.30. The molecule has 0 aromatic heterocycles. The molecule has 1 amide bonds.